The lowest BCUT2D eigenvalue weighted by Gasteiger charge is -2.46. The van der Waals surface area contributed by atoms with Gasteiger partial charge in [0.05, 0.1) is 35.0 Å². The molecule has 9 unspecified atom stereocenters. The van der Waals surface area contributed by atoms with Crippen molar-refractivity contribution in [2.24, 2.45) is 11.8 Å². The molecule has 5 aliphatic heterocycles. The van der Waals surface area contributed by atoms with E-state index in [0.29, 0.717) is 37.4 Å². The topological polar surface area (TPSA) is 146 Å². The zero-order chi connectivity index (χ0) is 35.5. The molecular formula is C36H57ClN10O3S. The summed E-state index contributed by atoms with van der Waals surface area (Å²) in [6, 6.07) is 4.01. The molecule has 1 aliphatic carbocycles. The number of piperazine rings is 1. The zero-order valence-electron chi connectivity index (χ0n) is 30.1. The van der Waals surface area contributed by atoms with Crippen molar-refractivity contribution in [1.29, 1.82) is 0 Å². The van der Waals surface area contributed by atoms with Crippen molar-refractivity contribution in [1.82, 2.24) is 46.7 Å². The molecule has 13 nitrogen and oxygen atoms in total. The van der Waals surface area contributed by atoms with Crippen LogP contribution >= 0.6 is 23.4 Å². The number of piperidine rings is 2. The van der Waals surface area contributed by atoms with Gasteiger partial charge < -0.3 is 15.1 Å². The monoisotopic (exact) mass is 744 g/mol. The summed E-state index contributed by atoms with van der Waals surface area (Å²) in [7, 11) is 0. The Labute approximate surface area is 311 Å². The number of rotatable bonds is 9. The number of aromatic nitrogens is 1. The molecule has 6 heterocycles. The van der Waals surface area contributed by atoms with Crippen LogP contribution in [0.15, 0.2) is 18.3 Å². The van der Waals surface area contributed by atoms with E-state index >= 15 is 0 Å². The summed E-state index contributed by atoms with van der Waals surface area (Å²) in [4.78, 5) is 49.4. The summed E-state index contributed by atoms with van der Waals surface area (Å²) in [5.74, 6) is 1.45. The Morgan fingerprint density at radius 3 is 2.61 bits per heavy atom. The normalized spacial score (nSPS) is 36.2. The maximum atomic E-state index is 13.1. The third-order valence-electron chi connectivity index (χ3n) is 12.0. The summed E-state index contributed by atoms with van der Waals surface area (Å²) in [6.45, 7) is 12.4. The molecular weight excluding hydrogens is 688 g/mol. The summed E-state index contributed by atoms with van der Waals surface area (Å²) in [5, 5.41) is 20.4. The predicted molar refractivity (Wildman–Crippen MR) is 201 cm³/mol. The maximum Gasteiger partial charge on any atom is 0.234 e. The van der Waals surface area contributed by atoms with Crippen molar-refractivity contribution in [2.75, 3.05) is 57.3 Å². The second kappa shape index (κ2) is 17.0. The van der Waals surface area contributed by atoms with Gasteiger partial charge in [-0.15, -0.1) is 23.4 Å². The number of nitrogens with zero attached hydrogens (tertiary/aromatic N) is 4. The smallest absolute Gasteiger partial charge is 0.234 e. The van der Waals surface area contributed by atoms with Gasteiger partial charge >= 0.3 is 0 Å². The average molecular weight is 745 g/mol. The van der Waals surface area contributed by atoms with E-state index in [2.05, 4.69) is 65.4 Å². The third kappa shape index (κ3) is 9.37. The van der Waals surface area contributed by atoms with Crippen LogP contribution in [-0.2, 0) is 14.4 Å². The molecule has 6 fully saturated rings. The van der Waals surface area contributed by atoms with Crippen LogP contribution in [0.2, 0.25) is 0 Å². The molecule has 15 heteroatoms. The number of hydrogen-bond donors (Lipinski definition) is 6. The fourth-order valence-electron chi connectivity index (χ4n) is 8.92. The Bertz CT molecular complexity index is 1370. The SMILES string of the molecule is CC1NC(NC2NCC(C(=O)NC3C(C)CCCC3Cl)S2)CC(N2CCN(CC3CCN(c4cc(C5CCC(=O)NC5=O)ccn4)CC3)CC2)N1. The van der Waals surface area contributed by atoms with Crippen LogP contribution in [0.4, 0.5) is 5.82 Å². The number of imide groups is 1. The Hall–Kier alpha value is -2.04. The first-order chi connectivity index (χ1) is 24.7. The van der Waals surface area contributed by atoms with Crippen LogP contribution in [0.25, 0.3) is 0 Å². The van der Waals surface area contributed by atoms with E-state index in [1.54, 1.807) is 18.0 Å². The number of anilines is 1. The minimum Gasteiger partial charge on any atom is -0.357 e. The quantitative estimate of drug-likeness (QED) is 0.161. The van der Waals surface area contributed by atoms with E-state index in [1.165, 1.54) is 0 Å². The molecule has 6 N–H and O–H groups in total. The first kappa shape index (κ1) is 37.3. The van der Waals surface area contributed by atoms with E-state index in [-0.39, 0.29) is 58.1 Å². The molecule has 51 heavy (non-hydrogen) atoms. The van der Waals surface area contributed by atoms with Crippen molar-refractivity contribution in [3.05, 3.63) is 23.9 Å². The van der Waals surface area contributed by atoms with Gasteiger partial charge in [-0.1, -0.05) is 13.3 Å². The van der Waals surface area contributed by atoms with Gasteiger partial charge in [-0.25, -0.2) is 4.98 Å². The highest BCUT2D eigenvalue weighted by molar-refractivity contribution is 8.01. The Morgan fingerprint density at radius 1 is 1.04 bits per heavy atom. The second-order valence-corrected chi connectivity index (χ2v) is 17.5. The maximum absolute atomic E-state index is 13.1. The lowest BCUT2D eigenvalue weighted by molar-refractivity contribution is -0.134. The van der Waals surface area contributed by atoms with Crippen LogP contribution in [-0.4, -0.2) is 126 Å². The largest absolute Gasteiger partial charge is 0.357 e. The van der Waals surface area contributed by atoms with Gasteiger partial charge in [-0.2, -0.15) is 0 Å². The lowest BCUT2D eigenvalue weighted by Crippen LogP contribution is -2.68. The highest BCUT2D eigenvalue weighted by Gasteiger charge is 2.38. The molecule has 1 saturated carbocycles. The van der Waals surface area contributed by atoms with Crippen LogP contribution in [0.3, 0.4) is 0 Å². The van der Waals surface area contributed by atoms with Crippen molar-refractivity contribution in [3.63, 3.8) is 0 Å². The van der Waals surface area contributed by atoms with E-state index in [9.17, 15) is 14.4 Å². The summed E-state index contributed by atoms with van der Waals surface area (Å²) < 4.78 is 0. The summed E-state index contributed by atoms with van der Waals surface area (Å²) >= 11 is 8.27. The molecule has 6 aliphatic rings. The Kier molecular flexibility index (Phi) is 12.4. The van der Waals surface area contributed by atoms with Crippen molar-refractivity contribution < 1.29 is 14.4 Å². The number of nitrogens with one attached hydrogen (secondary N) is 6. The number of carbonyl (C=O) groups excluding carboxylic acids is 3. The van der Waals surface area contributed by atoms with Gasteiger partial charge in [0.2, 0.25) is 17.7 Å². The van der Waals surface area contributed by atoms with Gasteiger partial charge in [0, 0.05) is 77.4 Å². The number of carbonyl (C=O) groups is 3. The molecule has 1 aromatic heterocycles. The second-order valence-electron chi connectivity index (χ2n) is 15.6. The molecule has 1 aromatic rings. The van der Waals surface area contributed by atoms with Crippen LogP contribution < -0.4 is 36.8 Å². The average Bonchev–Trinajstić information content (AvgIpc) is 3.59. The van der Waals surface area contributed by atoms with Crippen LogP contribution in [0, 0.1) is 11.8 Å². The predicted octanol–water partition coefficient (Wildman–Crippen LogP) is 1.51. The first-order valence-electron chi connectivity index (χ1n) is 19.3. The van der Waals surface area contributed by atoms with Crippen molar-refractivity contribution >= 4 is 46.9 Å². The number of hydrogen-bond acceptors (Lipinski definition) is 12. The van der Waals surface area contributed by atoms with E-state index < -0.39 is 0 Å². The molecule has 0 bridgehead atoms. The minimum atomic E-state index is -0.281. The fraction of sp³-hybridized carbons (Fsp3) is 0.778. The summed E-state index contributed by atoms with van der Waals surface area (Å²) in [5.41, 5.74) is 0.968. The molecule has 5 saturated heterocycles. The number of amides is 3. The van der Waals surface area contributed by atoms with E-state index in [4.69, 9.17) is 11.6 Å². The van der Waals surface area contributed by atoms with Gasteiger partial charge in [0.15, 0.2) is 0 Å². The van der Waals surface area contributed by atoms with Crippen LogP contribution in [0.5, 0.6) is 0 Å². The fourth-order valence-corrected chi connectivity index (χ4v) is 10.5. The standard InChI is InChI=1S/C36H57ClN10O3S/c1-22-4-3-5-27(37)33(22)44-35(50)28-20-39-36(51-28)42-29-19-31(41-23(2)40-29)47-16-14-45(15-17-47)21-24-9-12-46(13-10-24)30-18-25(8-11-38-30)26-6-7-32(48)43-34(26)49/h8,11,18,22-24,26-29,31,33,36,39-42H,3-7,9-10,12-17,19-21H2,1-2H3,(H,44,50)(H,43,48,49). The Balaban J connectivity index is 0.820. The van der Waals surface area contributed by atoms with E-state index in [1.807, 2.05) is 12.1 Å². The molecule has 282 valence electrons. The van der Waals surface area contributed by atoms with Gasteiger partial charge in [0.1, 0.15) is 11.3 Å². The molecule has 0 radical (unpaired) electrons. The van der Waals surface area contributed by atoms with Gasteiger partial charge in [-0.3, -0.25) is 45.9 Å². The first-order valence-corrected chi connectivity index (χ1v) is 20.7. The number of thioether (sulfide) groups is 1. The molecule has 9 atom stereocenters. The molecule has 7 rings (SSSR count). The third-order valence-corrected chi connectivity index (χ3v) is 13.7. The zero-order valence-corrected chi connectivity index (χ0v) is 31.7. The Morgan fingerprint density at radius 2 is 1.84 bits per heavy atom. The molecule has 0 spiro atoms. The number of alkyl halides is 1. The van der Waals surface area contributed by atoms with E-state index in [0.717, 1.165) is 95.7 Å². The molecule has 0 aromatic carbocycles. The van der Waals surface area contributed by atoms with Gasteiger partial charge in [0.25, 0.3) is 0 Å². The molecule has 3 amide bonds. The van der Waals surface area contributed by atoms with Crippen molar-refractivity contribution in [3.8, 4) is 0 Å². The number of pyridine rings is 1. The highest BCUT2D eigenvalue weighted by Crippen LogP contribution is 2.31. The minimum absolute atomic E-state index is 0.0199. The highest BCUT2D eigenvalue weighted by atomic mass is 35.5. The van der Waals surface area contributed by atoms with Crippen molar-refractivity contribution in [2.45, 2.75) is 112 Å². The van der Waals surface area contributed by atoms with Crippen LogP contribution in [0.1, 0.15) is 76.7 Å². The lowest BCUT2D eigenvalue weighted by atomic mass is 9.85. The summed E-state index contributed by atoms with van der Waals surface area (Å²) in [6.07, 6.45) is 9.81. The number of halogens is 1. The van der Waals surface area contributed by atoms with Gasteiger partial charge in [-0.05, 0) is 68.6 Å².